The first-order chi connectivity index (χ1) is 15.1. The summed E-state index contributed by atoms with van der Waals surface area (Å²) in [4.78, 5) is 15.3. The average molecular weight is 474 g/mol. The molecule has 0 aliphatic carbocycles. The number of para-hydroxylation sites is 1. The van der Waals surface area contributed by atoms with Crippen LogP contribution in [0.1, 0.15) is 33.2 Å². The normalized spacial score (nSPS) is 15.3. The maximum atomic E-state index is 13.4. The molecule has 1 aliphatic heterocycles. The third-order valence-corrected chi connectivity index (χ3v) is 6.22. The van der Waals surface area contributed by atoms with E-state index in [0.29, 0.717) is 23.5 Å². The second-order valence-corrected chi connectivity index (χ2v) is 8.48. The highest BCUT2D eigenvalue weighted by atomic mass is 79.9. The molecule has 0 saturated heterocycles. The van der Waals surface area contributed by atoms with E-state index in [1.165, 1.54) is 5.56 Å². The fourth-order valence-electron chi connectivity index (χ4n) is 4.19. The van der Waals surface area contributed by atoms with Crippen LogP contribution in [0.5, 0.6) is 5.75 Å². The summed E-state index contributed by atoms with van der Waals surface area (Å²) in [6.07, 6.45) is 0.753. The van der Waals surface area contributed by atoms with E-state index < -0.39 is 0 Å². The van der Waals surface area contributed by atoms with Crippen LogP contribution >= 0.6 is 15.9 Å². The zero-order valence-corrected chi connectivity index (χ0v) is 18.2. The summed E-state index contributed by atoms with van der Waals surface area (Å²) in [5.74, 6) is 0.0644. The van der Waals surface area contributed by atoms with Gasteiger partial charge in [0.1, 0.15) is 17.1 Å². The second-order valence-electron chi connectivity index (χ2n) is 7.57. The van der Waals surface area contributed by atoms with Gasteiger partial charge in [-0.3, -0.25) is 9.89 Å². The predicted octanol–water partition coefficient (Wildman–Crippen LogP) is 5.33. The smallest absolute Gasteiger partial charge is 0.273 e. The molecule has 1 aromatic heterocycles. The molecule has 6 heteroatoms. The number of rotatable bonds is 5. The van der Waals surface area contributed by atoms with Crippen LogP contribution < -0.4 is 0 Å². The monoisotopic (exact) mass is 473 g/mol. The maximum Gasteiger partial charge on any atom is 0.273 e. The third kappa shape index (κ3) is 3.53. The number of carbonyl (C=O) groups is 1. The molecule has 154 valence electrons. The molecule has 0 spiro atoms. The van der Waals surface area contributed by atoms with Gasteiger partial charge in [0.15, 0.2) is 0 Å². The van der Waals surface area contributed by atoms with Gasteiger partial charge < -0.3 is 10.0 Å². The maximum absolute atomic E-state index is 13.4. The highest BCUT2D eigenvalue weighted by Crippen LogP contribution is 2.44. The Morgan fingerprint density at radius 2 is 1.68 bits per heavy atom. The van der Waals surface area contributed by atoms with Crippen LogP contribution in [0.4, 0.5) is 0 Å². The molecule has 1 atom stereocenters. The number of aromatic nitrogens is 2. The van der Waals surface area contributed by atoms with Gasteiger partial charge in [-0.05, 0) is 41.8 Å². The van der Waals surface area contributed by atoms with Crippen molar-refractivity contribution in [3.05, 3.63) is 106 Å². The number of phenolic OH excluding ortho intramolecular Hbond substituents is 1. The predicted molar refractivity (Wildman–Crippen MR) is 123 cm³/mol. The van der Waals surface area contributed by atoms with Crippen LogP contribution in [0.2, 0.25) is 0 Å². The number of benzene rings is 3. The second kappa shape index (κ2) is 8.04. The first-order valence-electron chi connectivity index (χ1n) is 10.1. The van der Waals surface area contributed by atoms with Crippen LogP contribution in [0.3, 0.4) is 0 Å². The number of amides is 1. The van der Waals surface area contributed by atoms with E-state index in [0.717, 1.165) is 22.0 Å². The lowest BCUT2D eigenvalue weighted by molar-refractivity contribution is 0.0746. The largest absolute Gasteiger partial charge is 0.507 e. The minimum absolute atomic E-state index is 0.0759. The van der Waals surface area contributed by atoms with Crippen molar-refractivity contribution >= 4 is 21.8 Å². The molecule has 2 N–H and O–H groups in total. The van der Waals surface area contributed by atoms with Crippen LogP contribution in [-0.4, -0.2) is 32.7 Å². The molecule has 31 heavy (non-hydrogen) atoms. The summed E-state index contributed by atoms with van der Waals surface area (Å²) in [6, 6.07) is 25.0. The van der Waals surface area contributed by atoms with E-state index in [2.05, 4.69) is 38.3 Å². The zero-order valence-electron chi connectivity index (χ0n) is 16.6. The quantitative estimate of drug-likeness (QED) is 0.411. The minimum atomic E-state index is -0.285. The van der Waals surface area contributed by atoms with Gasteiger partial charge in [-0.1, -0.05) is 70.5 Å². The molecule has 4 aromatic rings. The van der Waals surface area contributed by atoms with Crippen LogP contribution in [0, 0.1) is 0 Å². The number of fused-ring (bicyclic) bond motifs is 1. The van der Waals surface area contributed by atoms with Crippen molar-refractivity contribution < 1.29 is 9.90 Å². The van der Waals surface area contributed by atoms with Crippen LogP contribution in [0.25, 0.3) is 11.3 Å². The van der Waals surface area contributed by atoms with Crippen molar-refractivity contribution in [1.29, 1.82) is 0 Å². The number of H-pyrrole nitrogens is 1. The zero-order chi connectivity index (χ0) is 21.4. The molecule has 0 fully saturated rings. The Balaban J connectivity index is 1.59. The molecule has 5 nitrogen and oxygen atoms in total. The fraction of sp³-hybridized carbons (Fsp3) is 0.120. The van der Waals surface area contributed by atoms with Gasteiger partial charge in [-0.2, -0.15) is 5.10 Å². The average Bonchev–Trinajstić information content (AvgIpc) is 3.33. The summed E-state index contributed by atoms with van der Waals surface area (Å²) >= 11 is 3.50. The summed E-state index contributed by atoms with van der Waals surface area (Å²) < 4.78 is 0.977. The number of nitrogens with zero attached hydrogens (tertiary/aromatic N) is 2. The van der Waals surface area contributed by atoms with E-state index >= 15 is 0 Å². The topological polar surface area (TPSA) is 69.2 Å². The molecular formula is C25H20BrN3O2. The number of phenols is 1. The Kier molecular flexibility index (Phi) is 5.08. The van der Waals surface area contributed by atoms with E-state index in [-0.39, 0.29) is 17.7 Å². The van der Waals surface area contributed by atoms with E-state index in [1.807, 2.05) is 59.5 Å². The Labute approximate surface area is 188 Å². The fourth-order valence-corrected chi connectivity index (χ4v) is 4.46. The van der Waals surface area contributed by atoms with Crippen molar-refractivity contribution in [2.45, 2.75) is 12.5 Å². The number of hydrogen-bond donors (Lipinski definition) is 2. The van der Waals surface area contributed by atoms with Crippen molar-refractivity contribution in [1.82, 2.24) is 15.1 Å². The van der Waals surface area contributed by atoms with E-state index in [9.17, 15) is 9.90 Å². The van der Waals surface area contributed by atoms with Crippen molar-refractivity contribution in [3.8, 4) is 17.0 Å². The number of nitrogens with one attached hydrogen (secondary N) is 1. The van der Waals surface area contributed by atoms with Crippen molar-refractivity contribution in [2.75, 3.05) is 6.54 Å². The Bertz CT molecular complexity index is 1240. The molecule has 1 aliphatic rings. The molecule has 0 bridgehead atoms. The first-order valence-corrected chi connectivity index (χ1v) is 10.9. The van der Waals surface area contributed by atoms with Gasteiger partial charge in [-0.25, -0.2) is 0 Å². The van der Waals surface area contributed by atoms with Gasteiger partial charge in [0, 0.05) is 22.1 Å². The standard InChI is InChI=1S/C25H20BrN3O2/c26-18-12-10-17(11-13-18)24-21-22(19-8-4-5-9-20(19)30)27-28-23(21)25(31)29(24)15-14-16-6-2-1-3-7-16/h1-13,24,30H,14-15H2,(H,27,28)/t24-/m0/s1. The van der Waals surface area contributed by atoms with Gasteiger partial charge in [0.25, 0.3) is 5.91 Å². The number of aromatic amines is 1. The number of halogens is 1. The van der Waals surface area contributed by atoms with Crippen LogP contribution in [-0.2, 0) is 6.42 Å². The summed E-state index contributed by atoms with van der Waals surface area (Å²) in [5.41, 5.74) is 4.69. The SMILES string of the molecule is O=C1c2[nH]nc(-c3ccccc3O)c2[C@H](c2ccc(Br)cc2)N1CCc1ccccc1. The highest BCUT2D eigenvalue weighted by Gasteiger charge is 2.42. The summed E-state index contributed by atoms with van der Waals surface area (Å²) in [6.45, 7) is 0.576. The summed E-state index contributed by atoms with van der Waals surface area (Å²) in [5, 5.41) is 17.8. The third-order valence-electron chi connectivity index (χ3n) is 5.69. The molecule has 3 aromatic carbocycles. The van der Waals surface area contributed by atoms with E-state index in [1.54, 1.807) is 12.1 Å². The highest BCUT2D eigenvalue weighted by molar-refractivity contribution is 9.10. The Morgan fingerprint density at radius 1 is 0.968 bits per heavy atom. The minimum Gasteiger partial charge on any atom is -0.507 e. The first kappa shape index (κ1) is 19.6. The lowest BCUT2D eigenvalue weighted by atomic mass is 9.95. The number of carbonyl (C=O) groups excluding carboxylic acids is 1. The number of aromatic hydroxyl groups is 1. The van der Waals surface area contributed by atoms with E-state index in [4.69, 9.17) is 0 Å². The molecule has 1 amide bonds. The van der Waals surface area contributed by atoms with Gasteiger partial charge in [0.05, 0.1) is 6.04 Å². The van der Waals surface area contributed by atoms with Crippen LogP contribution in [0.15, 0.2) is 83.3 Å². The molecular weight excluding hydrogens is 454 g/mol. The van der Waals surface area contributed by atoms with Gasteiger partial charge >= 0.3 is 0 Å². The molecule has 2 heterocycles. The Hall–Kier alpha value is -3.38. The molecule has 0 saturated carbocycles. The lowest BCUT2D eigenvalue weighted by Crippen LogP contribution is -2.31. The molecule has 0 radical (unpaired) electrons. The van der Waals surface area contributed by atoms with Crippen molar-refractivity contribution in [2.24, 2.45) is 0 Å². The van der Waals surface area contributed by atoms with Crippen molar-refractivity contribution in [3.63, 3.8) is 0 Å². The molecule has 5 rings (SSSR count). The Morgan fingerprint density at radius 3 is 2.42 bits per heavy atom. The van der Waals surface area contributed by atoms with Gasteiger partial charge in [-0.15, -0.1) is 0 Å². The summed E-state index contributed by atoms with van der Waals surface area (Å²) in [7, 11) is 0. The number of hydrogen-bond acceptors (Lipinski definition) is 3. The molecule has 0 unspecified atom stereocenters. The van der Waals surface area contributed by atoms with Gasteiger partial charge in [0.2, 0.25) is 0 Å². The lowest BCUT2D eigenvalue weighted by Gasteiger charge is -2.26.